The van der Waals surface area contributed by atoms with Crippen LogP contribution in [0.15, 0.2) is 83.8 Å². The van der Waals surface area contributed by atoms with Gasteiger partial charge in [0, 0.05) is 16.8 Å². The molecule has 1 unspecified atom stereocenters. The van der Waals surface area contributed by atoms with Crippen molar-refractivity contribution in [2.45, 2.75) is 10.9 Å². The van der Waals surface area contributed by atoms with Crippen LogP contribution in [-0.4, -0.2) is 42.8 Å². The van der Waals surface area contributed by atoms with Crippen LogP contribution < -0.4 is 5.32 Å². The molecule has 4 rings (SSSR count). The Kier molecular flexibility index (Phi) is 5.92. The van der Waals surface area contributed by atoms with Crippen molar-refractivity contribution in [1.82, 2.24) is 4.31 Å². The van der Waals surface area contributed by atoms with E-state index in [1.807, 2.05) is 0 Å². The molecule has 162 valence electrons. The Morgan fingerprint density at radius 1 is 0.906 bits per heavy atom. The Bertz CT molecular complexity index is 1320. The number of rotatable bonds is 5. The zero-order valence-corrected chi connectivity index (χ0v) is 18.1. The molecule has 1 N–H and O–H groups in total. The third kappa shape index (κ3) is 3.95. The lowest BCUT2D eigenvalue weighted by Gasteiger charge is -2.33. The van der Waals surface area contributed by atoms with Crippen LogP contribution in [0.5, 0.6) is 0 Å². The van der Waals surface area contributed by atoms with Crippen molar-refractivity contribution in [3.63, 3.8) is 0 Å². The fourth-order valence-corrected chi connectivity index (χ4v) is 5.47. The minimum atomic E-state index is -4.33. The molecule has 3 aromatic rings. The van der Waals surface area contributed by atoms with Crippen LogP contribution in [0.2, 0.25) is 5.02 Å². The maximum absolute atomic E-state index is 13.4. The van der Waals surface area contributed by atoms with Gasteiger partial charge in [0.1, 0.15) is 0 Å². The summed E-state index contributed by atoms with van der Waals surface area (Å²) >= 11 is 6.14. The molecule has 1 aliphatic rings. The van der Waals surface area contributed by atoms with Crippen LogP contribution in [0.25, 0.3) is 0 Å². The van der Waals surface area contributed by atoms with Crippen LogP contribution in [0.3, 0.4) is 0 Å². The predicted octanol–water partition coefficient (Wildman–Crippen LogP) is 3.42. The summed E-state index contributed by atoms with van der Waals surface area (Å²) in [5.41, 5.74) is 0.348. The second-order valence-corrected chi connectivity index (χ2v) is 9.34. The highest BCUT2D eigenvalue weighted by molar-refractivity contribution is 7.89. The molecule has 1 atom stereocenters. The quantitative estimate of drug-likeness (QED) is 0.456. The van der Waals surface area contributed by atoms with E-state index < -0.39 is 40.1 Å². The van der Waals surface area contributed by atoms with Crippen LogP contribution in [0.4, 0.5) is 5.69 Å². The van der Waals surface area contributed by atoms with E-state index in [-0.39, 0.29) is 21.0 Å². The smallest absolute Gasteiger partial charge is 0.245 e. The van der Waals surface area contributed by atoms with Gasteiger partial charge >= 0.3 is 0 Å². The highest BCUT2D eigenvalue weighted by Crippen LogP contribution is 2.32. The molecule has 7 nitrogen and oxygen atoms in total. The molecule has 3 aromatic carbocycles. The van der Waals surface area contributed by atoms with Crippen molar-refractivity contribution in [1.29, 1.82) is 0 Å². The lowest BCUT2D eigenvalue weighted by molar-refractivity contribution is -0.116. The number of ketones is 2. The van der Waals surface area contributed by atoms with E-state index in [9.17, 15) is 22.8 Å². The number of anilines is 1. The molecule has 1 amide bonds. The van der Waals surface area contributed by atoms with Crippen LogP contribution in [0, 0.1) is 0 Å². The van der Waals surface area contributed by atoms with Crippen LogP contribution in [0.1, 0.15) is 20.7 Å². The second kappa shape index (κ2) is 8.66. The summed E-state index contributed by atoms with van der Waals surface area (Å²) in [4.78, 5) is 39.1. The maximum atomic E-state index is 13.4. The maximum Gasteiger partial charge on any atom is 0.245 e. The zero-order chi connectivity index (χ0) is 22.9. The van der Waals surface area contributed by atoms with Gasteiger partial charge in [-0.2, -0.15) is 4.31 Å². The van der Waals surface area contributed by atoms with Gasteiger partial charge in [0.25, 0.3) is 0 Å². The number of para-hydroxylation sites is 1. The Labute approximate surface area is 189 Å². The molecule has 0 spiro atoms. The van der Waals surface area contributed by atoms with Gasteiger partial charge in [-0.15, -0.1) is 0 Å². The van der Waals surface area contributed by atoms with Crippen LogP contribution in [-0.2, 0) is 14.8 Å². The minimum Gasteiger partial charge on any atom is -0.325 e. The SMILES string of the molecule is O=C(CN1C(C(=O)c2ccccc2Cl)C(=O)c2ccccc2S1(=O)=O)Nc1ccccc1. The van der Waals surface area contributed by atoms with Gasteiger partial charge < -0.3 is 5.32 Å². The third-order valence-corrected chi connectivity index (χ3v) is 7.22. The van der Waals surface area contributed by atoms with Gasteiger partial charge in [0.2, 0.25) is 15.9 Å². The van der Waals surface area contributed by atoms with E-state index in [0.29, 0.717) is 9.99 Å². The number of carbonyl (C=O) groups excluding carboxylic acids is 3. The highest BCUT2D eigenvalue weighted by Gasteiger charge is 2.48. The monoisotopic (exact) mass is 468 g/mol. The number of carbonyl (C=O) groups is 3. The first-order chi connectivity index (χ1) is 15.3. The average Bonchev–Trinajstić information content (AvgIpc) is 2.78. The fraction of sp³-hybridized carbons (Fsp3) is 0.0870. The van der Waals surface area contributed by atoms with E-state index >= 15 is 0 Å². The largest absolute Gasteiger partial charge is 0.325 e. The van der Waals surface area contributed by atoms with Crippen molar-refractivity contribution >= 4 is 44.8 Å². The Morgan fingerprint density at radius 2 is 1.53 bits per heavy atom. The van der Waals surface area contributed by atoms with E-state index in [1.54, 1.807) is 42.5 Å². The minimum absolute atomic E-state index is 0.00411. The summed E-state index contributed by atoms with van der Waals surface area (Å²) in [6.45, 7) is -0.724. The summed E-state index contributed by atoms with van der Waals surface area (Å²) < 4.78 is 27.4. The number of fused-ring (bicyclic) bond motifs is 1. The molecule has 0 fully saturated rings. The highest BCUT2D eigenvalue weighted by atomic mass is 35.5. The first kappa shape index (κ1) is 21.9. The lowest BCUT2D eigenvalue weighted by Crippen LogP contribution is -2.55. The molecular formula is C23H17ClN2O5S. The van der Waals surface area contributed by atoms with Gasteiger partial charge in [0.05, 0.1) is 16.5 Å². The first-order valence-corrected chi connectivity index (χ1v) is 11.4. The van der Waals surface area contributed by atoms with Crippen molar-refractivity contribution in [2.75, 3.05) is 11.9 Å². The molecule has 0 radical (unpaired) electrons. The standard InChI is InChI=1S/C23H17ClN2O5S/c24-18-12-6-4-10-16(18)22(28)21-23(29)17-11-5-7-13-19(17)32(30,31)26(21)14-20(27)25-15-8-2-1-3-9-15/h1-13,21H,14H2,(H,25,27). The summed E-state index contributed by atoms with van der Waals surface area (Å²) in [5, 5.41) is 2.66. The number of amides is 1. The normalized spacial score (nSPS) is 17.4. The molecule has 9 heteroatoms. The van der Waals surface area contributed by atoms with Gasteiger partial charge in [-0.3, -0.25) is 14.4 Å². The number of nitrogens with zero attached hydrogens (tertiary/aromatic N) is 1. The summed E-state index contributed by atoms with van der Waals surface area (Å²) in [6, 6.07) is 18.4. The molecule has 0 saturated heterocycles. The number of sulfonamides is 1. The topological polar surface area (TPSA) is 101 Å². The van der Waals surface area contributed by atoms with Crippen molar-refractivity contribution in [3.05, 3.63) is 95.0 Å². The Balaban J connectivity index is 1.78. The molecule has 0 saturated carbocycles. The van der Waals surface area contributed by atoms with E-state index in [1.165, 1.54) is 36.4 Å². The molecule has 0 aliphatic carbocycles. The van der Waals surface area contributed by atoms with E-state index in [0.717, 1.165) is 0 Å². The van der Waals surface area contributed by atoms with Gasteiger partial charge in [0.15, 0.2) is 17.6 Å². The number of benzene rings is 3. The first-order valence-electron chi connectivity index (χ1n) is 9.59. The number of hydrogen-bond acceptors (Lipinski definition) is 5. The molecule has 1 heterocycles. The summed E-state index contributed by atoms with van der Waals surface area (Å²) in [5.74, 6) is -2.21. The number of nitrogens with one attached hydrogen (secondary N) is 1. The second-order valence-electron chi connectivity index (χ2n) is 7.07. The Hall–Kier alpha value is -3.33. The van der Waals surface area contributed by atoms with Crippen LogP contribution >= 0.6 is 11.6 Å². The van der Waals surface area contributed by atoms with E-state index in [2.05, 4.69) is 5.32 Å². The molecule has 32 heavy (non-hydrogen) atoms. The molecule has 0 aromatic heterocycles. The molecule has 0 bridgehead atoms. The fourth-order valence-electron chi connectivity index (χ4n) is 3.54. The molecular weight excluding hydrogens is 452 g/mol. The van der Waals surface area contributed by atoms with Crippen molar-refractivity contribution in [2.24, 2.45) is 0 Å². The van der Waals surface area contributed by atoms with Crippen molar-refractivity contribution < 1.29 is 22.8 Å². The predicted molar refractivity (Wildman–Crippen MR) is 119 cm³/mol. The third-order valence-electron chi connectivity index (χ3n) is 5.02. The molecule has 1 aliphatic heterocycles. The van der Waals surface area contributed by atoms with Gasteiger partial charge in [-0.25, -0.2) is 8.42 Å². The average molecular weight is 469 g/mol. The number of Topliss-reactive ketones (excluding diaryl/α,β-unsaturated/α-hetero) is 2. The number of hydrogen-bond donors (Lipinski definition) is 1. The van der Waals surface area contributed by atoms with E-state index in [4.69, 9.17) is 11.6 Å². The lowest BCUT2D eigenvalue weighted by atomic mass is 9.95. The number of halogens is 1. The Morgan fingerprint density at radius 3 is 2.25 bits per heavy atom. The zero-order valence-electron chi connectivity index (χ0n) is 16.6. The van der Waals surface area contributed by atoms with Gasteiger partial charge in [-0.05, 0) is 36.4 Å². The van der Waals surface area contributed by atoms with Crippen molar-refractivity contribution in [3.8, 4) is 0 Å². The summed E-state index contributed by atoms with van der Waals surface area (Å²) in [7, 11) is -4.33. The van der Waals surface area contributed by atoms with Gasteiger partial charge in [-0.1, -0.05) is 54.1 Å². The summed E-state index contributed by atoms with van der Waals surface area (Å²) in [6.07, 6.45) is 0.